The van der Waals surface area contributed by atoms with Gasteiger partial charge in [-0.1, -0.05) is 6.92 Å². The average Bonchev–Trinajstić information content (AvgIpc) is 2.49. The third kappa shape index (κ3) is 7.34. The maximum Gasteiger partial charge on any atom is 0.410 e. The third-order valence-electron chi connectivity index (χ3n) is 3.42. The second-order valence-electron chi connectivity index (χ2n) is 6.70. The van der Waals surface area contributed by atoms with E-state index in [2.05, 4.69) is 5.32 Å². The number of hydrogen-bond donors (Lipinski definition) is 1. The lowest BCUT2D eigenvalue weighted by Crippen LogP contribution is -2.51. The monoisotopic (exact) mass is 327 g/mol. The summed E-state index contributed by atoms with van der Waals surface area (Å²) in [7, 11) is 0. The van der Waals surface area contributed by atoms with Crippen molar-refractivity contribution >= 4 is 17.9 Å². The van der Waals surface area contributed by atoms with E-state index in [1.165, 1.54) is 0 Å². The van der Waals surface area contributed by atoms with Crippen LogP contribution in [0.15, 0.2) is 0 Å². The van der Waals surface area contributed by atoms with Gasteiger partial charge in [0.05, 0.1) is 0 Å². The molecule has 1 heterocycles. The highest BCUT2D eigenvalue weighted by Gasteiger charge is 2.27. The second kappa shape index (κ2) is 8.74. The van der Waals surface area contributed by atoms with Crippen LogP contribution in [0.4, 0.5) is 4.79 Å². The Hall–Kier alpha value is -1.79. The summed E-state index contributed by atoms with van der Waals surface area (Å²) in [6.07, 6.45) is 0.961. The normalized spacial score (nSPS) is 15.3. The number of carbonyl (C=O) groups excluding carboxylic acids is 3. The standard InChI is InChI=1S/C16H29N3O4/c1-5-8-17-13(20)6-7-14(21)18-9-11-19(12-10-18)15(22)23-16(2,3)4/h5-12H2,1-4H3,(H,17,20). The molecule has 1 aliphatic heterocycles. The second-order valence-corrected chi connectivity index (χ2v) is 6.70. The average molecular weight is 327 g/mol. The summed E-state index contributed by atoms with van der Waals surface area (Å²) in [5.74, 6) is -0.131. The molecule has 0 saturated carbocycles. The van der Waals surface area contributed by atoms with Gasteiger partial charge in [-0.3, -0.25) is 9.59 Å². The SMILES string of the molecule is CCCNC(=O)CCC(=O)N1CCN(C(=O)OC(C)(C)C)CC1. The molecule has 1 fully saturated rings. The summed E-state index contributed by atoms with van der Waals surface area (Å²) in [6.45, 7) is 9.99. The lowest BCUT2D eigenvalue weighted by Gasteiger charge is -2.35. The topological polar surface area (TPSA) is 79.0 Å². The molecule has 0 aliphatic carbocycles. The highest BCUT2D eigenvalue weighted by Crippen LogP contribution is 2.12. The van der Waals surface area contributed by atoms with E-state index in [4.69, 9.17) is 4.74 Å². The van der Waals surface area contributed by atoms with Crippen LogP contribution in [0, 0.1) is 0 Å². The fourth-order valence-electron chi connectivity index (χ4n) is 2.20. The van der Waals surface area contributed by atoms with E-state index in [1.807, 2.05) is 27.7 Å². The van der Waals surface area contributed by atoms with E-state index in [0.717, 1.165) is 6.42 Å². The van der Waals surface area contributed by atoms with Crippen LogP contribution in [0.1, 0.15) is 47.0 Å². The summed E-state index contributed by atoms with van der Waals surface area (Å²) < 4.78 is 5.32. The molecule has 0 spiro atoms. The Morgan fingerprint density at radius 1 is 1.00 bits per heavy atom. The number of piperazine rings is 1. The van der Waals surface area contributed by atoms with Crippen LogP contribution in [-0.2, 0) is 14.3 Å². The Bertz CT molecular complexity index is 424. The number of hydrogen-bond acceptors (Lipinski definition) is 4. The molecule has 0 aromatic carbocycles. The van der Waals surface area contributed by atoms with E-state index >= 15 is 0 Å². The van der Waals surface area contributed by atoms with Crippen LogP contribution in [-0.4, -0.2) is 66.0 Å². The fourth-order valence-corrected chi connectivity index (χ4v) is 2.20. The largest absolute Gasteiger partial charge is 0.444 e. The van der Waals surface area contributed by atoms with Crippen molar-refractivity contribution in [2.75, 3.05) is 32.7 Å². The molecule has 23 heavy (non-hydrogen) atoms. The van der Waals surface area contributed by atoms with Gasteiger partial charge in [-0.25, -0.2) is 4.79 Å². The number of nitrogens with zero attached hydrogens (tertiary/aromatic N) is 2. The van der Waals surface area contributed by atoms with Crippen molar-refractivity contribution < 1.29 is 19.1 Å². The Morgan fingerprint density at radius 2 is 1.57 bits per heavy atom. The fraction of sp³-hybridized carbons (Fsp3) is 0.812. The Morgan fingerprint density at radius 3 is 2.09 bits per heavy atom. The first kappa shape index (κ1) is 19.3. The summed E-state index contributed by atoms with van der Waals surface area (Å²) in [5, 5.41) is 2.76. The van der Waals surface area contributed by atoms with Gasteiger partial charge < -0.3 is 19.9 Å². The minimum atomic E-state index is -0.518. The molecular weight excluding hydrogens is 298 g/mol. The molecule has 1 N–H and O–H groups in total. The number of rotatable bonds is 5. The van der Waals surface area contributed by atoms with Crippen molar-refractivity contribution in [3.05, 3.63) is 0 Å². The van der Waals surface area contributed by atoms with Gasteiger partial charge in [0.1, 0.15) is 5.60 Å². The maximum absolute atomic E-state index is 12.1. The molecule has 0 radical (unpaired) electrons. The zero-order valence-electron chi connectivity index (χ0n) is 14.7. The number of amides is 3. The van der Waals surface area contributed by atoms with E-state index < -0.39 is 5.60 Å². The smallest absolute Gasteiger partial charge is 0.410 e. The molecular formula is C16H29N3O4. The molecule has 7 nitrogen and oxygen atoms in total. The zero-order chi connectivity index (χ0) is 17.5. The lowest BCUT2D eigenvalue weighted by molar-refractivity contribution is -0.135. The van der Waals surface area contributed by atoms with Gasteiger partial charge in [-0.15, -0.1) is 0 Å². The molecule has 0 aromatic heterocycles. The minimum absolute atomic E-state index is 0.0412. The number of carbonyl (C=O) groups is 3. The first-order valence-electron chi connectivity index (χ1n) is 8.25. The Kier molecular flexibility index (Phi) is 7.32. The highest BCUT2D eigenvalue weighted by atomic mass is 16.6. The predicted molar refractivity (Wildman–Crippen MR) is 86.9 cm³/mol. The molecule has 1 rings (SSSR count). The number of nitrogens with one attached hydrogen (secondary N) is 1. The van der Waals surface area contributed by atoms with Crippen LogP contribution in [0.3, 0.4) is 0 Å². The van der Waals surface area contributed by atoms with Crippen LogP contribution >= 0.6 is 0 Å². The molecule has 132 valence electrons. The highest BCUT2D eigenvalue weighted by molar-refractivity contribution is 5.83. The molecule has 1 aliphatic rings. The lowest BCUT2D eigenvalue weighted by atomic mass is 10.2. The van der Waals surface area contributed by atoms with Gasteiger partial charge in [-0.2, -0.15) is 0 Å². The van der Waals surface area contributed by atoms with Gasteiger partial charge in [0.2, 0.25) is 11.8 Å². The van der Waals surface area contributed by atoms with E-state index in [0.29, 0.717) is 32.7 Å². The zero-order valence-corrected chi connectivity index (χ0v) is 14.7. The van der Waals surface area contributed by atoms with Crippen molar-refractivity contribution in [3.63, 3.8) is 0 Å². The van der Waals surface area contributed by atoms with Gasteiger partial charge >= 0.3 is 6.09 Å². The van der Waals surface area contributed by atoms with Crippen molar-refractivity contribution in [1.29, 1.82) is 0 Å². The predicted octanol–water partition coefficient (Wildman–Crippen LogP) is 1.37. The maximum atomic E-state index is 12.1. The van der Waals surface area contributed by atoms with Crippen molar-refractivity contribution in [2.24, 2.45) is 0 Å². The first-order chi connectivity index (χ1) is 10.7. The molecule has 3 amide bonds. The van der Waals surface area contributed by atoms with Crippen LogP contribution in [0.25, 0.3) is 0 Å². The van der Waals surface area contributed by atoms with Crippen LogP contribution in [0.2, 0.25) is 0 Å². The molecule has 0 aromatic rings. The van der Waals surface area contributed by atoms with E-state index in [9.17, 15) is 14.4 Å². The summed E-state index contributed by atoms with van der Waals surface area (Å²) >= 11 is 0. The third-order valence-corrected chi connectivity index (χ3v) is 3.42. The van der Waals surface area contributed by atoms with Crippen molar-refractivity contribution in [3.8, 4) is 0 Å². The Balaban J connectivity index is 2.31. The van der Waals surface area contributed by atoms with Crippen LogP contribution in [0.5, 0.6) is 0 Å². The van der Waals surface area contributed by atoms with Gasteiger partial charge in [-0.05, 0) is 27.2 Å². The molecule has 7 heteroatoms. The van der Waals surface area contributed by atoms with Crippen LogP contribution < -0.4 is 5.32 Å². The molecule has 0 atom stereocenters. The minimum Gasteiger partial charge on any atom is -0.444 e. The van der Waals surface area contributed by atoms with Gasteiger partial charge in [0.25, 0.3) is 0 Å². The van der Waals surface area contributed by atoms with Crippen molar-refractivity contribution in [2.45, 2.75) is 52.6 Å². The Labute approximate surface area is 138 Å². The summed E-state index contributed by atoms with van der Waals surface area (Å²) in [6, 6.07) is 0. The van der Waals surface area contributed by atoms with Crippen molar-refractivity contribution in [1.82, 2.24) is 15.1 Å². The van der Waals surface area contributed by atoms with E-state index in [-0.39, 0.29) is 30.7 Å². The molecule has 1 saturated heterocycles. The molecule has 0 unspecified atom stereocenters. The van der Waals surface area contributed by atoms with Gasteiger partial charge in [0.15, 0.2) is 0 Å². The first-order valence-corrected chi connectivity index (χ1v) is 8.25. The number of ether oxygens (including phenoxy) is 1. The van der Waals surface area contributed by atoms with E-state index in [1.54, 1.807) is 9.80 Å². The molecule has 0 bridgehead atoms. The summed E-state index contributed by atoms with van der Waals surface area (Å²) in [5.41, 5.74) is -0.518. The van der Waals surface area contributed by atoms with Gasteiger partial charge in [0, 0.05) is 45.6 Å². The summed E-state index contributed by atoms with van der Waals surface area (Å²) in [4.78, 5) is 38.9. The quantitative estimate of drug-likeness (QED) is 0.827.